The van der Waals surface area contributed by atoms with Crippen LogP contribution in [-0.2, 0) is 16.1 Å². The van der Waals surface area contributed by atoms with E-state index in [1.807, 2.05) is 38.1 Å². The number of para-hydroxylation sites is 1. The van der Waals surface area contributed by atoms with Crippen molar-refractivity contribution in [3.63, 3.8) is 0 Å². The van der Waals surface area contributed by atoms with Gasteiger partial charge < -0.3 is 20.5 Å². The first kappa shape index (κ1) is 15.8. The van der Waals surface area contributed by atoms with Gasteiger partial charge in [-0.15, -0.1) is 0 Å². The van der Waals surface area contributed by atoms with Gasteiger partial charge in [0, 0.05) is 18.7 Å². The fraction of sp³-hybridized carbons (Fsp3) is 0.562. The van der Waals surface area contributed by atoms with E-state index < -0.39 is 0 Å². The molecule has 1 aromatic rings. The van der Waals surface area contributed by atoms with Gasteiger partial charge in [-0.05, 0) is 32.8 Å². The third-order valence-electron chi connectivity index (χ3n) is 3.45. The maximum absolute atomic E-state index is 12.1. The minimum Gasteiger partial charge on any atom is -0.491 e. The predicted octanol–water partition coefficient (Wildman–Crippen LogP) is 1.60. The minimum atomic E-state index is -0.378. The van der Waals surface area contributed by atoms with E-state index in [-0.39, 0.29) is 24.2 Å². The highest BCUT2D eigenvalue weighted by atomic mass is 16.5. The number of nitrogens with one attached hydrogen (secondary N) is 1. The summed E-state index contributed by atoms with van der Waals surface area (Å²) in [6, 6.07) is 7.73. The molecule has 5 heteroatoms. The molecule has 5 nitrogen and oxygen atoms in total. The molecule has 1 heterocycles. The molecule has 0 saturated carbocycles. The molecular weight excluding hydrogens is 268 g/mol. The van der Waals surface area contributed by atoms with Crippen molar-refractivity contribution in [2.24, 2.45) is 5.73 Å². The van der Waals surface area contributed by atoms with Crippen molar-refractivity contribution in [2.45, 2.75) is 51.5 Å². The van der Waals surface area contributed by atoms with Gasteiger partial charge in [0.1, 0.15) is 11.9 Å². The van der Waals surface area contributed by atoms with Crippen LogP contribution in [-0.4, -0.2) is 30.8 Å². The maximum atomic E-state index is 12.1. The van der Waals surface area contributed by atoms with Gasteiger partial charge in [-0.3, -0.25) is 4.79 Å². The first-order valence-electron chi connectivity index (χ1n) is 7.48. The molecule has 0 bridgehead atoms. The molecule has 116 valence electrons. The van der Waals surface area contributed by atoms with Gasteiger partial charge in [-0.2, -0.15) is 0 Å². The van der Waals surface area contributed by atoms with Gasteiger partial charge in [-0.25, -0.2) is 0 Å². The van der Waals surface area contributed by atoms with E-state index in [0.29, 0.717) is 13.1 Å². The second-order valence-corrected chi connectivity index (χ2v) is 5.55. The Bertz CT molecular complexity index is 476. The van der Waals surface area contributed by atoms with Gasteiger partial charge >= 0.3 is 0 Å². The fourth-order valence-electron chi connectivity index (χ4n) is 2.39. The third-order valence-corrected chi connectivity index (χ3v) is 3.45. The Morgan fingerprint density at radius 1 is 1.43 bits per heavy atom. The highest BCUT2D eigenvalue weighted by molar-refractivity contribution is 5.81. The van der Waals surface area contributed by atoms with Crippen LogP contribution in [0.3, 0.4) is 0 Å². The lowest BCUT2D eigenvalue weighted by Crippen LogP contribution is -2.35. The number of nitrogens with two attached hydrogens (primary N) is 1. The first-order valence-corrected chi connectivity index (χ1v) is 7.48. The summed E-state index contributed by atoms with van der Waals surface area (Å²) in [5, 5.41) is 2.91. The van der Waals surface area contributed by atoms with Crippen LogP contribution in [0.5, 0.6) is 5.75 Å². The summed E-state index contributed by atoms with van der Waals surface area (Å²) in [5.41, 5.74) is 6.52. The molecule has 1 fully saturated rings. The quantitative estimate of drug-likeness (QED) is 0.835. The van der Waals surface area contributed by atoms with Crippen LogP contribution in [0.4, 0.5) is 0 Å². The topological polar surface area (TPSA) is 73.6 Å². The van der Waals surface area contributed by atoms with Crippen LogP contribution in [0.1, 0.15) is 32.3 Å². The number of carbonyl (C=O) groups excluding carboxylic acids is 1. The zero-order valence-corrected chi connectivity index (χ0v) is 12.7. The molecule has 0 aromatic heterocycles. The number of carbonyl (C=O) groups is 1. The Hall–Kier alpha value is -1.59. The number of hydrogen-bond donors (Lipinski definition) is 2. The largest absolute Gasteiger partial charge is 0.491 e. The molecule has 1 saturated heterocycles. The van der Waals surface area contributed by atoms with Gasteiger partial charge in [0.25, 0.3) is 0 Å². The van der Waals surface area contributed by atoms with Gasteiger partial charge in [0.2, 0.25) is 5.91 Å². The fourth-order valence-corrected chi connectivity index (χ4v) is 2.39. The summed E-state index contributed by atoms with van der Waals surface area (Å²) >= 11 is 0. The van der Waals surface area contributed by atoms with Crippen LogP contribution in [0.2, 0.25) is 0 Å². The zero-order chi connectivity index (χ0) is 15.2. The van der Waals surface area contributed by atoms with E-state index in [0.717, 1.165) is 24.2 Å². The van der Waals surface area contributed by atoms with E-state index >= 15 is 0 Å². The zero-order valence-electron chi connectivity index (χ0n) is 12.7. The lowest BCUT2D eigenvalue weighted by Gasteiger charge is -2.16. The SMILES string of the molecule is CC(C)Oc1ccccc1CNC(=O)[C@@H]1CC[C@H](CN)O1. The minimum absolute atomic E-state index is 0.0114. The Morgan fingerprint density at radius 2 is 2.19 bits per heavy atom. The molecule has 0 aliphatic carbocycles. The van der Waals surface area contributed by atoms with E-state index in [1.165, 1.54) is 0 Å². The van der Waals surface area contributed by atoms with E-state index in [1.54, 1.807) is 0 Å². The normalized spacial score (nSPS) is 21.5. The average Bonchev–Trinajstić information content (AvgIpc) is 2.94. The van der Waals surface area contributed by atoms with Crippen molar-refractivity contribution in [2.75, 3.05) is 6.54 Å². The lowest BCUT2D eigenvalue weighted by atomic mass is 10.1. The summed E-state index contributed by atoms with van der Waals surface area (Å²) in [6.45, 7) is 4.87. The number of hydrogen-bond acceptors (Lipinski definition) is 4. The van der Waals surface area contributed by atoms with Gasteiger partial charge in [0.05, 0.1) is 12.2 Å². The number of ether oxygens (including phenoxy) is 2. The molecule has 1 aliphatic rings. The number of rotatable bonds is 6. The predicted molar refractivity (Wildman–Crippen MR) is 81.0 cm³/mol. The molecule has 3 N–H and O–H groups in total. The van der Waals surface area contributed by atoms with Crippen molar-refractivity contribution in [1.29, 1.82) is 0 Å². The third kappa shape index (κ3) is 4.44. The van der Waals surface area contributed by atoms with Crippen molar-refractivity contribution in [3.8, 4) is 5.75 Å². The first-order chi connectivity index (χ1) is 10.1. The van der Waals surface area contributed by atoms with E-state index in [2.05, 4.69) is 5.32 Å². The standard InChI is InChI=1S/C16H24N2O3/c1-11(2)20-14-6-4-3-5-12(14)10-18-16(19)15-8-7-13(9-17)21-15/h3-6,11,13,15H,7-10,17H2,1-2H3,(H,18,19)/t13-,15+/m1/s1. The van der Waals surface area contributed by atoms with Crippen molar-refractivity contribution in [3.05, 3.63) is 29.8 Å². The smallest absolute Gasteiger partial charge is 0.249 e. The van der Waals surface area contributed by atoms with E-state index in [4.69, 9.17) is 15.2 Å². The highest BCUT2D eigenvalue weighted by Gasteiger charge is 2.29. The molecular formula is C16H24N2O3. The number of benzene rings is 1. The molecule has 1 aliphatic heterocycles. The van der Waals surface area contributed by atoms with Crippen LogP contribution in [0.15, 0.2) is 24.3 Å². The van der Waals surface area contributed by atoms with Crippen LogP contribution < -0.4 is 15.8 Å². The van der Waals surface area contributed by atoms with Crippen molar-refractivity contribution < 1.29 is 14.3 Å². The molecule has 0 radical (unpaired) electrons. The van der Waals surface area contributed by atoms with E-state index in [9.17, 15) is 4.79 Å². The monoisotopic (exact) mass is 292 g/mol. The highest BCUT2D eigenvalue weighted by Crippen LogP contribution is 2.21. The Labute approximate surface area is 125 Å². The summed E-state index contributed by atoms with van der Waals surface area (Å²) in [6.07, 6.45) is 1.32. The van der Waals surface area contributed by atoms with Gasteiger partial charge in [-0.1, -0.05) is 18.2 Å². The second kappa shape index (κ2) is 7.43. The summed E-state index contributed by atoms with van der Waals surface area (Å²) < 4.78 is 11.3. The van der Waals surface area contributed by atoms with Crippen LogP contribution in [0.25, 0.3) is 0 Å². The van der Waals surface area contributed by atoms with Gasteiger partial charge in [0.15, 0.2) is 0 Å². The molecule has 0 spiro atoms. The van der Waals surface area contributed by atoms with Crippen LogP contribution in [0, 0.1) is 0 Å². The number of amides is 1. The molecule has 0 unspecified atom stereocenters. The summed E-state index contributed by atoms with van der Waals surface area (Å²) in [7, 11) is 0. The molecule has 21 heavy (non-hydrogen) atoms. The molecule has 1 amide bonds. The Morgan fingerprint density at radius 3 is 2.86 bits per heavy atom. The molecule has 1 aromatic carbocycles. The van der Waals surface area contributed by atoms with Crippen molar-refractivity contribution in [1.82, 2.24) is 5.32 Å². The molecule has 2 atom stereocenters. The van der Waals surface area contributed by atoms with Crippen LogP contribution >= 0.6 is 0 Å². The summed E-state index contributed by atoms with van der Waals surface area (Å²) in [5.74, 6) is 0.727. The average molecular weight is 292 g/mol. The Balaban J connectivity index is 1.89. The maximum Gasteiger partial charge on any atom is 0.249 e. The lowest BCUT2D eigenvalue weighted by molar-refractivity contribution is -0.132. The van der Waals surface area contributed by atoms with Crippen molar-refractivity contribution >= 4 is 5.91 Å². The Kier molecular flexibility index (Phi) is 5.59. The molecule has 2 rings (SSSR count). The second-order valence-electron chi connectivity index (χ2n) is 5.55. The summed E-state index contributed by atoms with van der Waals surface area (Å²) in [4.78, 5) is 12.1.